The molecule has 2 aromatic carbocycles. The SMILES string of the molecule is CCN(CC)CCOc1ccc(CNS(=O)(=O)c2ccc(F)c(C#N)c2)cc1. The summed E-state index contributed by atoms with van der Waals surface area (Å²) in [6.07, 6.45) is 0. The van der Waals surface area contributed by atoms with E-state index >= 15 is 0 Å². The summed E-state index contributed by atoms with van der Waals surface area (Å²) in [5.41, 5.74) is 0.441. The number of halogens is 1. The lowest BCUT2D eigenvalue weighted by molar-refractivity contribution is 0.223. The molecule has 0 saturated carbocycles. The van der Waals surface area contributed by atoms with Gasteiger partial charge in [-0.15, -0.1) is 0 Å². The fourth-order valence-electron chi connectivity index (χ4n) is 2.55. The largest absolute Gasteiger partial charge is 0.492 e. The number of sulfonamides is 1. The molecule has 0 saturated heterocycles. The van der Waals surface area contributed by atoms with E-state index in [0.717, 1.165) is 49.1 Å². The van der Waals surface area contributed by atoms with Gasteiger partial charge in [0.15, 0.2) is 0 Å². The quantitative estimate of drug-likeness (QED) is 0.657. The van der Waals surface area contributed by atoms with E-state index in [4.69, 9.17) is 10.00 Å². The Morgan fingerprint density at radius 3 is 2.43 bits per heavy atom. The Bertz CT molecular complexity index is 921. The van der Waals surface area contributed by atoms with Gasteiger partial charge in [-0.25, -0.2) is 17.5 Å². The van der Waals surface area contributed by atoms with Crippen molar-refractivity contribution in [3.63, 3.8) is 0 Å². The van der Waals surface area contributed by atoms with Crippen LogP contribution in [0.3, 0.4) is 0 Å². The van der Waals surface area contributed by atoms with E-state index in [-0.39, 0.29) is 17.0 Å². The fourth-order valence-corrected chi connectivity index (χ4v) is 3.60. The molecule has 0 heterocycles. The van der Waals surface area contributed by atoms with Gasteiger partial charge in [-0.3, -0.25) is 0 Å². The molecule has 150 valence electrons. The Hall–Kier alpha value is -2.47. The number of ether oxygens (including phenoxy) is 1. The van der Waals surface area contributed by atoms with E-state index in [2.05, 4.69) is 23.5 Å². The first kappa shape index (κ1) is 21.8. The topological polar surface area (TPSA) is 82.4 Å². The maximum Gasteiger partial charge on any atom is 0.240 e. The highest BCUT2D eigenvalue weighted by Crippen LogP contribution is 2.16. The summed E-state index contributed by atoms with van der Waals surface area (Å²) in [5, 5.41) is 8.84. The van der Waals surface area contributed by atoms with Crippen molar-refractivity contribution in [2.75, 3.05) is 26.2 Å². The highest BCUT2D eigenvalue weighted by molar-refractivity contribution is 7.89. The molecule has 0 fully saturated rings. The predicted octanol–water partition coefficient (Wildman–Crippen LogP) is 2.90. The van der Waals surface area contributed by atoms with Crippen molar-refractivity contribution >= 4 is 10.0 Å². The van der Waals surface area contributed by atoms with Crippen LogP contribution in [0.25, 0.3) is 0 Å². The number of hydrogen-bond donors (Lipinski definition) is 1. The number of benzene rings is 2. The minimum Gasteiger partial charge on any atom is -0.492 e. The minimum atomic E-state index is -3.85. The first-order valence-corrected chi connectivity index (χ1v) is 10.5. The summed E-state index contributed by atoms with van der Waals surface area (Å²) in [6, 6.07) is 11.9. The fraction of sp³-hybridized carbons (Fsp3) is 0.350. The molecule has 6 nitrogen and oxygen atoms in total. The van der Waals surface area contributed by atoms with Crippen LogP contribution in [-0.4, -0.2) is 39.6 Å². The summed E-state index contributed by atoms with van der Waals surface area (Å²) >= 11 is 0. The predicted molar refractivity (Wildman–Crippen MR) is 105 cm³/mol. The minimum absolute atomic E-state index is 0.0708. The summed E-state index contributed by atoms with van der Waals surface area (Å²) in [5.74, 6) is -0.0333. The number of likely N-dealkylation sites (N-methyl/N-ethyl adjacent to an activating group) is 1. The van der Waals surface area contributed by atoms with Crippen molar-refractivity contribution in [2.24, 2.45) is 0 Å². The van der Waals surface area contributed by atoms with Gasteiger partial charge >= 0.3 is 0 Å². The van der Waals surface area contributed by atoms with Gasteiger partial charge in [0, 0.05) is 13.1 Å². The number of rotatable bonds is 10. The first-order valence-electron chi connectivity index (χ1n) is 9.03. The van der Waals surface area contributed by atoms with Crippen molar-refractivity contribution in [3.8, 4) is 11.8 Å². The molecule has 0 atom stereocenters. The molecule has 8 heteroatoms. The van der Waals surface area contributed by atoms with Gasteiger partial charge in [0.1, 0.15) is 24.2 Å². The average molecular weight is 405 g/mol. The molecule has 0 aromatic heterocycles. The Labute approximate surface area is 165 Å². The number of nitriles is 1. The lowest BCUT2D eigenvalue weighted by Crippen LogP contribution is -2.27. The van der Waals surface area contributed by atoms with Gasteiger partial charge in [-0.05, 0) is 49.0 Å². The zero-order valence-electron chi connectivity index (χ0n) is 16.0. The third-order valence-corrected chi connectivity index (χ3v) is 5.73. The van der Waals surface area contributed by atoms with Crippen LogP contribution in [0.4, 0.5) is 4.39 Å². The van der Waals surface area contributed by atoms with Crippen molar-refractivity contribution in [3.05, 3.63) is 59.4 Å². The summed E-state index contributed by atoms with van der Waals surface area (Å²) in [7, 11) is -3.85. The molecule has 0 bridgehead atoms. The van der Waals surface area contributed by atoms with Gasteiger partial charge in [0.2, 0.25) is 10.0 Å². The van der Waals surface area contributed by atoms with Gasteiger partial charge < -0.3 is 9.64 Å². The van der Waals surface area contributed by atoms with Gasteiger partial charge in [-0.2, -0.15) is 5.26 Å². The Balaban J connectivity index is 1.93. The second-order valence-corrected chi connectivity index (χ2v) is 7.86. The van der Waals surface area contributed by atoms with Crippen LogP contribution < -0.4 is 9.46 Å². The highest BCUT2D eigenvalue weighted by Gasteiger charge is 2.16. The van der Waals surface area contributed by atoms with Crippen LogP contribution in [0, 0.1) is 17.1 Å². The zero-order chi connectivity index (χ0) is 20.6. The molecule has 0 amide bonds. The van der Waals surface area contributed by atoms with E-state index in [1.807, 2.05) is 0 Å². The monoisotopic (exact) mass is 405 g/mol. The summed E-state index contributed by atoms with van der Waals surface area (Å²) < 4.78 is 46.2. The van der Waals surface area contributed by atoms with Crippen LogP contribution >= 0.6 is 0 Å². The van der Waals surface area contributed by atoms with Crippen molar-refractivity contribution in [1.29, 1.82) is 5.26 Å². The average Bonchev–Trinajstić information content (AvgIpc) is 2.71. The summed E-state index contributed by atoms with van der Waals surface area (Å²) in [4.78, 5) is 2.11. The second-order valence-electron chi connectivity index (χ2n) is 6.10. The Morgan fingerprint density at radius 2 is 1.82 bits per heavy atom. The smallest absolute Gasteiger partial charge is 0.240 e. The third-order valence-electron chi connectivity index (χ3n) is 4.33. The van der Waals surface area contributed by atoms with E-state index in [1.165, 1.54) is 0 Å². The molecule has 0 aliphatic rings. The molecular weight excluding hydrogens is 381 g/mol. The van der Waals surface area contributed by atoms with E-state index in [9.17, 15) is 12.8 Å². The molecule has 2 aromatic rings. The molecule has 0 spiro atoms. The third kappa shape index (κ3) is 6.02. The standard InChI is InChI=1S/C20H24FN3O3S/c1-3-24(4-2)11-12-27-18-7-5-16(6-8-18)15-23-28(25,26)19-9-10-20(21)17(13-19)14-22/h5-10,13,23H,3-4,11-12,15H2,1-2H3. The Kier molecular flexibility index (Phi) is 7.93. The van der Waals surface area contributed by atoms with Crippen molar-refractivity contribution in [2.45, 2.75) is 25.3 Å². The van der Waals surface area contributed by atoms with Crippen molar-refractivity contribution < 1.29 is 17.5 Å². The van der Waals surface area contributed by atoms with E-state index in [0.29, 0.717) is 6.61 Å². The molecule has 28 heavy (non-hydrogen) atoms. The Morgan fingerprint density at radius 1 is 1.14 bits per heavy atom. The lowest BCUT2D eigenvalue weighted by atomic mass is 10.2. The van der Waals surface area contributed by atoms with Crippen LogP contribution in [-0.2, 0) is 16.6 Å². The van der Waals surface area contributed by atoms with Gasteiger partial charge in [0.25, 0.3) is 0 Å². The van der Waals surface area contributed by atoms with Crippen LogP contribution in [0.15, 0.2) is 47.4 Å². The van der Waals surface area contributed by atoms with E-state index in [1.54, 1.807) is 30.3 Å². The maximum absolute atomic E-state index is 13.4. The molecule has 2 rings (SSSR count). The first-order chi connectivity index (χ1) is 13.4. The molecular formula is C20H24FN3O3S. The van der Waals surface area contributed by atoms with Gasteiger partial charge in [-0.1, -0.05) is 26.0 Å². The normalized spacial score (nSPS) is 11.4. The van der Waals surface area contributed by atoms with E-state index < -0.39 is 15.8 Å². The summed E-state index contributed by atoms with van der Waals surface area (Å²) in [6.45, 7) is 7.65. The van der Waals surface area contributed by atoms with Crippen LogP contribution in [0.1, 0.15) is 25.0 Å². The highest BCUT2D eigenvalue weighted by atomic mass is 32.2. The van der Waals surface area contributed by atoms with Gasteiger partial charge in [0.05, 0.1) is 10.5 Å². The van der Waals surface area contributed by atoms with Crippen LogP contribution in [0.2, 0.25) is 0 Å². The zero-order valence-corrected chi connectivity index (χ0v) is 16.8. The second kappa shape index (κ2) is 10.2. The molecule has 0 radical (unpaired) electrons. The lowest BCUT2D eigenvalue weighted by Gasteiger charge is -2.18. The molecule has 0 aliphatic heterocycles. The number of nitrogens with one attached hydrogen (secondary N) is 1. The van der Waals surface area contributed by atoms with Crippen LogP contribution in [0.5, 0.6) is 5.75 Å². The molecule has 1 N–H and O–H groups in total. The van der Waals surface area contributed by atoms with Crippen molar-refractivity contribution in [1.82, 2.24) is 9.62 Å². The number of nitrogens with zero attached hydrogens (tertiary/aromatic N) is 2. The maximum atomic E-state index is 13.4. The molecule has 0 unspecified atom stereocenters. The number of hydrogen-bond acceptors (Lipinski definition) is 5. The molecule has 0 aliphatic carbocycles.